The van der Waals surface area contributed by atoms with Crippen LogP contribution in [0.3, 0.4) is 0 Å². The second kappa shape index (κ2) is 6.69. The van der Waals surface area contributed by atoms with Gasteiger partial charge in [0, 0.05) is 43.9 Å². The Morgan fingerprint density at radius 2 is 2.18 bits per heavy atom. The molecule has 0 aliphatic carbocycles. The van der Waals surface area contributed by atoms with Gasteiger partial charge in [-0.05, 0) is 30.4 Å². The van der Waals surface area contributed by atoms with Crippen molar-refractivity contribution in [2.45, 2.75) is 31.4 Å². The number of rotatable bonds is 4. The van der Waals surface area contributed by atoms with Crippen LogP contribution in [-0.2, 0) is 4.74 Å². The lowest BCUT2D eigenvalue weighted by Crippen LogP contribution is -2.47. The van der Waals surface area contributed by atoms with Gasteiger partial charge < -0.3 is 9.64 Å². The molecular formula is C13H25NOS2. The second-order valence-corrected chi connectivity index (χ2v) is 7.13. The van der Waals surface area contributed by atoms with Crippen LogP contribution >= 0.6 is 24.4 Å². The van der Waals surface area contributed by atoms with Crippen molar-refractivity contribution in [3.05, 3.63) is 0 Å². The van der Waals surface area contributed by atoms with E-state index in [9.17, 15) is 0 Å². The Hall–Kier alpha value is 0.620. The van der Waals surface area contributed by atoms with Gasteiger partial charge in [-0.15, -0.1) is 0 Å². The average Bonchev–Trinajstić information content (AvgIpc) is 2.40. The lowest BCUT2D eigenvalue weighted by molar-refractivity contribution is 0.00822. The lowest BCUT2D eigenvalue weighted by Gasteiger charge is -2.42. The van der Waals surface area contributed by atoms with Crippen LogP contribution in [0.15, 0.2) is 0 Å². The summed E-state index contributed by atoms with van der Waals surface area (Å²) >= 11 is 6.76. The van der Waals surface area contributed by atoms with E-state index in [1.807, 2.05) is 0 Å². The standard InChI is InChI=1S/C13H25NOS2/c1-2-12-9-14(5-8-17-12)10-13(11-16)3-6-15-7-4-13/h12,16H,2-11H2,1H3. The molecule has 2 aliphatic rings. The van der Waals surface area contributed by atoms with E-state index in [1.165, 1.54) is 44.6 Å². The van der Waals surface area contributed by atoms with Gasteiger partial charge in [0.25, 0.3) is 0 Å². The van der Waals surface area contributed by atoms with Crippen molar-refractivity contribution in [3.63, 3.8) is 0 Å². The number of hydrogen-bond acceptors (Lipinski definition) is 4. The van der Waals surface area contributed by atoms with E-state index < -0.39 is 0 Å². The molecule has 0 amide bonds. The van der Waals surface area contributed by atoms with Gasteiger partial charge in [0.1, 0.15) is 0 Å². The molecular weight excluding hydrogens is 250 g/mol. The zero-order chi connectivity index (χ0) is 12.1. The van der Waals surface area contributed by atoms with Crippen molar-refractivity contribution >= 4 is 24.4 Å². The molecule has 1 unspecified atom stereocenters. The van der Waals surface area contributed by atoms with Crippen LogP contribution in [0.25, 0.3) is 0 Å². The van der Waals surface area contributed by atoms with E-state index in [0.717, 1.165) is 24.2 Å². The summed E-state index contributed by atoms with van der Waals surface area (Å²) in [4.78, 5) is 2.67. The van der Waals surface area contributed by atoms with Crippen LogP contribution in [0.5, 0.6) is 0 Å². The molecule has 2 saturated heterocycles. The Morgan fingerprint density at radius 3 is 2.82 bits per heavy atom. The first-order chi connectivity index (χ1) is 8.28. The molecule has 2 heterocycles. The Morgan fingerprint density at radius 1 is 1.41 bits per heavy atom. The summed E-state index contributed by atoms with van der Waals surface area (Å²) < 4.78 is 5.50. The SMILES string of the molecule is CCC1CN(CC2(CS)CCOCC2)CCS1. The summed E-state index contributed by atoms with van der Waals surface area (Å²) in [6, 6.07) is 0. The van der Waals surface area contributed by atoms with Crippen LogP contribution in [0.2, 0.25) is 0 Å². The zero-order valence-electron chi connectivity index (χ0n) is 10.9. The fraction of sp³-hybridized carbons (Fsp3) is 1.00. The van der Waals surface area contributed by atoms with Crippen LogP contribution in [0, 0.1) is 5.41 Å². The molecule has 17 heavy (non-hydrogen) atoms. The lowest BCUT2D eigenvalue weighted by atomic mass is 9.81. The molecule has 2 rings (SSSR count). The average molecular weight is 275 g/mol. The fourth-order valence-corrected chi connectivity index (χ4v) is 4.48. The smallest absolute Gasteiger partial charge is 0.0472 e. The number of thioether (sulfide) groups is 1. The Labute approximate surface area is 115 Å². The summed E-state index contributed by atoms with van der Waals surface area (Å²) in [5, 5.41) is 0.848. The summed E-state index contributed by atoms with van der Waals surface area (Å²) in [7, 11) is 0. The van der Waals surface area contributed by atoms with Crippen LogP contribution in [-0.4, -0.2) is 54.5 Å². The number of thiol groups is 1. The van der Waals surface area contributed by atoms with E-state index in [4.69, 9.17) is 4.74 Å². The van der Waals surface area contributed by atoms with E-state index in [0.29, 0.717) is 5.41 Å². The van der Waals surface area contributed by atoms with E-state index in [-0.39, 0.29) is 0 Å². The minimum atomic E-state index is 0.418. The number of nitrogens with zero attached hydrogens (tertiary/aromatic N) is 1. The van der Waals surface area contributed by atoms with Crippen molar-refractivity contribution in [3.8, 4) is 0 Å². The van der Waals surface area contributed by atoms with Crippen molar-refractivity contribution in [2.24, 2.45) is 5.41 Å². The predicted molar refractivity (Wildman–Crippen MR) is 79.3 cm³/mol. The maximum Gasteiger partial charge on any atom is 0.0472 e. The third-order valence-electron chi connectivity index (χ3n) is 4.13. The first-order valence-electron chi connectivity index (χ1n) is 6.80. The molecule has 0 saturated carbocycles. The summed E-state index contributed by atoms with van der Waals surface area (Å²) in [6.45, 7) is 7.94. The molecule has 2 aliphatic heterocycles. The molecule has 0 aromatic carbocycles. The summed E-state index contributed by atoms with van der Waals surface area (Å²) in [5.74, 6) is 2.31. The normalized spacial score (nSPS) is 30.4. The first-order valence-corrected chi connectivity index (χ1v) is 8.49. The molecule has 2 nitrogen and oxygen atoms in total. The largest absolute Gasteiger partial charge is 0.381 e. The molecule has 0 radical (unpaired) electrons. The van der Waals surface area contributed by atoms with E-state index >= 15 is 0 Å². The minimum Gasteiger partial charge on any atom is -0.381 e. The molecule has 0 aromatic heterocycles. The van der Waals surface area contributed by atoms with Gasteiger partial charge in [-0.25, -0.2) is 0 Å². The number of ether oxygens (including phenoxy) is 1. The topological polar surface area (TPSA) is 12.5 Å². The van der Waals surface area contributed by atoms with Crippen molar-refractivity contribution < 1.29 is 4.74 Å². The highest BCUT2D eigenvalue weighted by atomic mass is 32.2. The first kappa shape index (κ1) is 14.0. The van der Waals surface area contributed by atoms with Gasteiger partial charge in [0.15, 0.2) is 0 Å². The third-order valence-corrected chi connectivity index (χ3v) is 6.17. The molecule has 0 bridgehead atoms. The summed E-state index contributed by atoms with van der Waals surface area (Å²) in [6.07, 6.45) is 3.69. The quantitative estimate of drug-likeness (QED) is 0.792. The maximum absolute atomic E-state index is 5.50. The minimum absolute atomic E-state index is 0.418. The van der Waals surface area contributed by atoms with Crippen molar-refractivity contribution in [1.29, 1.82) is 0 Å². The monoisotopic (exact) mass is 275 g/mol. The van der Waals surface area contributed by atoms with Gasteiger partial charge in [-0.1, -0.05) is 6.92 Å². The van der Waals surface area contributed by atoms with Crippen LogP contribution in [0.1, 0.15) is 26.2 Å². The highest BCUT2D eigenvalue weighted by Gasteiger charge is 2.34. The molecule has 0 N–H and O–H groups in total. The fourth-order valence-electron chi connectivity index (χ4n) is 2.82. The molecule has 100 valence electrons. The Kier molecular flexibility index (Phi) is 5.52. The van der Waals surface area contributed by atoms with Crippen LogP contribution in [0.4, 0.5) is 0 Å². The predicted octanol–water partition coefficient (Wildman–Crippen LogP) is 2.54. The molecule has 0 aromatic rings. The molecule has 0 spiro atoms. The Bertz CT molecular complexity index is 231. The Balaban J connectivity index is 1.88. The van der Waals surface area contributed by atoms with Gasteiger partial charge >= 0.3 is 0 Å². The zero-order valence-corrected chi connectivity index (χ0v) is 12.6. The molecule has 2 fully saturated rings. The number of hydrogen-bond donors (Lipinski definition) is 1. The maximum atomic E-state index is 5.50. The highest BCUT2D eigenvalue weighted by Crippen LogP contribution is 2.34. The van der Waals surface area contributed by atoms with Gasteiger partial charge in [0.2, 0.25) is 0 Å². The van der Waals surface area contributed by atoms with Gasteiger partial charge in [-0.3, -0.25) is 0 Å². The molecule has 1 atom stereocenters. The van der Waals surface area contributed by atoms with Crippen molar-refractivity contribution in [2.75, 3.05) is 44.4 Å². The van der Waals surface area contributed by atoms with Gasteiger partial charge in [-0.2, -0.15) is 24.4 Å². The van der Waals surface area contributed by atoms with Crippen molar-refractivity contribution in [1.82, 2.24) is 4.90 Å². The highest BCUT2D eigenvalue weighted by molar-refractivity contribution is 8.00. The summed E-state index contributed by atoms with van der Waals surface area (Å²) in [5.41, 5.74) is 0.418. The van der Waals surface area contributed by atoms with Gasteiger partial charge in [0.05, 0.1) is 0 Å². The van der Waals surface area contributed by atoms with E-state index in [2.05, 4.69) is 36.2 Å². The van der Waals surface area contributed by atoms with Crippen LogP contribution < -0.4 is 0 Å². The second-order valence-electron chi connectivity index (χ2n) is 5.41. The van der Waals surface area contributed by atoms with E-state index in [1.54, 1.807) is 0 Å². The molecule has 4 heteroatoms. The third kappa shape index (κ3) is 3.79.